The molecule has 0 bridgehead atoms. The number of hydrogen-bond acceptors (Lipinski definition) is 6. The molecule has 1 aromatic rings. The van der Waals surface area contributed by atoms with Crippen LogP contribution < -0.4 is 11.1 Å². The average Bonchev–Trinajstić information content (AvgIpc) is 3.55. The summed E-state index contributed by atoms with van der Waals surface area (Å²) in [7, 11) is 0. The van der Waals surface area contributed by atoms with Gasteiger partial charge in [0.25, 0.3) is 5.91 Å². The number of nitrogens with one attached hydrogen (secondary N) is 2. The Bertz CT molecular complexity index is 892. The van der Waals surface area contributed by atoms with Crippen molar-refractivity contribution in [2.45, 2.75) is 71.3 Å². The van der Waals surface area contributed by atoms with Crippen LogP contribution in [0.5, 0.6) is 0 Å². The largest absolute Gasteiger partial charge is 0.424 e. The van der Waals surface area contributed by atoms with Crippen molar-refractivity contribution in [2.75, 3.05) is 19.6 Å². The van der Waals surface area contributed by atoms with Crippen LogP contribution in [0.15, 0.2) is 0 Å². The molecule has 5 N–H and O–H groups in total. The number of hydroxylamine groups is 2. The van der Waals surface area contributed by atoms with Crippen LogP contribution in [0.3, 0.4) is 0 Å². The molecule has 1 aliphatic carbocycles. The SMILES string of the molecule is Cc1n[nH]c(C)c1CCNC(=O)[N+]1(C(=O)[C@H](CC2CCCC2)CN(O)C=O)CCC[C@H]1C(N)=O. The zero-order valence-electron chi connectivity index (χ0n) is 20.1. The van der Waals surface area contributed by atoms with Gasteiger partial charge in [-0.1, -0.05) is 25.7 Å². The molecule has 1 aromatic heterocycles. The molecule has 5 amide bonds. The van der Waals surface area contributed by atoms with Crippen LogP contribution in [-0.4, -0.2) is 74.9 Å². The number of amides is 5. The lowest BCUT2D eigenvalue weighted by Crippen LogP contribution is -2.68. The molecule has 3 rings (SSSR count). The number of aromatic amines is 1. The van der Waals surface area contributed by atoms with Gasteiger partial charge in [0, 0.05) is 25.1 Å². The monoisotopic (exact) mass is 477 g/mol. The molecule has 1 unspecified atom stereocenters. The number of urea groups is 1. The number of nitrogens with zero attached hydrogens (tertiary/aromatic N) is 3. The van der Waals surface area contributed by atoms with Crippen molar-refractivity contribution in [1.29, 1.82) is 0 Å². The highest BCUT2D eigenvalue weighted by molar-refractivity contribution is 5.91. The van der Waals surface area contributed by atoms with Gasteiger partial charge in [-0.3, -0.25) is 19.9 Å². The number of aromatic nitrogens is 2. The number of H-pyrrole nitrogens is 1. The lowest BCUT2D eigenvalue weighted by molar-refractivity contribution is -0.779. The van der Waals surface area contributed by atoms with Crippen molar-refractivity contribution in [3.05, 3.63) is 17.0 Å². The van der Waals surface area contributed by atoms with E-state index in [2.05, 4.69) is 15.5 Å². The molecule has 34 heavy (non-hydrogen) atoms. The third kappa shape index (κ3) is 5.30. The molecular formula is C23H37N6O5+. The first-order valence-electron chi connectivity index (χ1n) is 12.1. The fourth-order valence-electron chi connectivity index (χ4n) is 5.75. The second-order valence-corrected chi connectivity index (χ2v) is 9.70. The molecule has 0 radical (unpaired) electrons. The van der Waals surface area contributed by atoms with Gasteiger partial charge >= 0.3 is 11.9 Å². The molecule has 1 saturated carbocycles. The number of quaternary nitrogens is 1. The number of carbonyl (C=O) groups is 4. The molecule has 2 fully saturated rings. The summed E-state index contributed by atoms with van der Waals surface area (Å²) in [5.41, 5.74) is 8.42. The molecule has 11 nitrogen and oxygen atoms in total. The van der Waals surface area contributed by atoms with Crippen molar-refractivity contribution in [3.8, 4) is 0 Å². The van der Waals surface area contributed by atoms with E-state index in [0.717, 1.165) is 42.6 Å². The summed E-state index contributed by atoms with van der Waals surface area (Å²) in [6.07, 6.45) is 6.13. The van der Waals surface area contributed by atoms with Gasteiger partial charge in [0.2, 0.25) is 6.41 Å². The number of aryl methyl sites for hydroxylation is 2. The van der Waals surface area contributed by atoms with Crippen LogP contribution in [0.25, 0.3) is 0 Å². The van der Waals surface area contributed by atoms with E-state index >= 15 is 0 Å². The highest BCUT2D eigenvalue weighted by atomic mass is 16.5. The van der Waals surface area contributed by atoms with Crippen LogP contribution in [-0.2, 0) is 20.8 Å². The van der Waals surface area contributed by atoms with E-state index in [9.17, 15) is 24.4 Å². The Balaban J connectivity index is 1.84. The maximum Gasteiger partial charge on any atom is 0.424 e. The molecule has 0 aromatic carbocycles. The summed E-state index contributed by atoms with van der Waals surface area (Å²) in [5, 5.41) is 20.3. The summed E-state index contributed by atoms with van der Waals surface area (Å²) >= 11 is 0. The zero-order valence-corrected chi connectivity index (χ0v) is 20.1. The first kappa shape index (κ1) is 25.8. The number of rotatable bonds is 10. The Morgan fingerprint density at radius 2 is 1.97 bits per heavy atom. The van der Waals surface area contributed by atoms with E-state index in [-0.39, 0.29) is 32.0 Å². The topological polar surface area (TPSA) is 158 Å². The minimum atomic E-state index is -0.973. The number of imide groups is 1. The van der Waals surface area contributed by atoms with E-state index < -0.39 is 34.3 Å². The first-order valence-corrected chi connectivity index (χ1v) is 12.1. The van der Waals surface area contributed by atoms with E-state index in [1.807, 2.05) is 13.8 Å². The van der Waals surface area contributed by atoms with Crippen molar-refractivity contribution in [2.24, 2.45) is 17.6 Å². The van der Waals surface area contributed by atoms with Crippen LogP contribution in [0, 0.1) is 25.7 Å². The second-order valence-electron chi connectivity index (χ2n) is 9.70. The third-order valence-corrected chi connectivity index (χ3v) is 7.51. The maximum absolute atomic E-state index is 14.0. The van der Waals surface area contributed by atoms with E-state index in [4.69, 9.17) is 5.73 Å². The lowest BCUT2D eigenvalue weighted by Gasteiger charge is -2.36. The number of nitrogens with two attached hydrogens (primary N) is 1. The Hall–Kier alpha value is -2.79. The van der Waals surface area contributed by atoms with Crippen molar-refractivity contribution in [3.63, 3.8) is 0 Å². The predicted octanol–water partition coefficient (Wildman–Crippen LogP) is 1.31. The van der Waals surface area contributed by atoms with Crippen LogP contribution in [0.2, 0.25) is 0 Å². The smallest absolute Gasteiger partial charge is 0.364 e. The van der Waals surface area contributed by atoms with Gasteiger partial charge in [-0.05, 0) is 38.2 Å². The van der Waals surface area contributed by atoms with Gasteiger partial charge < -0.3 is 11.1 Å². The molecule has 188 valence electrons. The third-order valence-electron chi connectivity index (χ3n) is 7.51. The maximum atomic E-state index is 14.0. The predicted molar refractivity (Wildman–Crippen MR) is 122 cm³/mol. The number of carbonyl (C=O) groups excluding carboxylic acids is 4. The highest BCUT2D eigenvalue weighted by Gasteiger charge is 2.58. The average molecular weight is 478 g/mol. The quantitative estimate of drug-likeness (QED) is 0.172. The zero-order chi connectivity index (χ0) is 24.9. The molecular weight excluding hydrogens is 440 g/mol. The Labute approximate surface area is 199 Å². The van der Waals surface area contributed by atoms with Crippen LogP contribution >= 0.6 is 0 Å². The van der Waals surface area contributed by atoms with Gasteiger partial charge in [0.05, 0.1) is 24.7 Å². The minimum absolute atomic E-state index is 0.162. The second kappa shape index (κ2) is 11.1. The lowest BCUT2D eigenvalue weighted by atomic mass is 9.90. The Morgan fingerprint density at radius 1 is 1.26 bits per heavy atom. The van der Waals surface area contributed by atoms with Crippen LogP contribution in [0.1, 0.15) is 61.9 Å². The molecule has 11 heteroatoms. The summed E-state index contributed by atoms with van der Waals surface area (Å²) in [4.78, 5) is 51.1. The number of likely N-dealkylation sites (tertiary alicyclic amines) is 1. The normalized spacial score (nSPS) is 23.6. The fourth-order valence-corrected chi connectivity index (χ4v) is 5.75. The molecule has 3 atom stereocenters. The van der Waals surface area contributed by atoms with Gasteiger partial charge in [-0.25, -0.2) is 14.7 Å². The van der Waals surface area contributed by atoms with Gasteiger partial charge in [0.1, 0.15) is 0 Å². The Morgan fingerprint density at radius 3 is 2.56 bits per heavy atom. The molecule has 2 heterocycles. The van der Waals surface area contributed by atoms with Crippen molar-refractivity contribution < 1.29 is 28.9 Å². The number of primary amides is 1. The van der Waals surface area contributed by atoms with E-state index in [0.29, 0.717) is 30.7 Å². The first-order chi connectivity index (χ1) is 16.2. The van der Waals surface area contributed by atoms with Gasteiger partial charge in [0.15, 0.2) is 6.04 Å². The minimum Gasteiger partial charge on any atom is -0.364 e. The van der Waals surface area contributed by atoms with Gasteiger partial charge in [-0.2, -0.15) is 9.58 Å². The highest BCUT2D eigenvalue weighted by Crippen LogP contribution is 2.36. The van der Waals surface area contributed by atoms with Crippen molar-refractivity contribution >= 4 is 24.3 Å². The van der Waals surface area contributed by atoms with Crippen LogP contribution in [0.4, 0.5) is 4.79 Å². The molecule has 2 aliphatic rings. The summed E-state index contributed by atoms with van der Waals surface area (Å²) in [6.45, 7) is 4.00. The summed E-state index contributed by atoms with van der Waals surface area (Å²) in [5.74, 6) is -1.65. The molecule has 0 spiro atoms. The number of hydrogen-bond donors (Lipinski definition) is 4. The van der Waals surface area contributed by atoms with E-state index in [1.165, 1.54) is 0 Å². The van der Waals surface area contributed by atoms with Crippen molar-refractivity contribution in [1.82, 2.24) is 20.6 Å². The molecule has 1 saturated heterocycles. The summed E-state index contributed by atoms with van der Waals surface area (Å²) < 4.78 is -0.706. The Kier molecular flexibility index (Phi) is 8.42. The summed E-state index contributed by atoms with van der Waals surface area (Å²) in [6, 6.07) is -1.53. The fraction of sp³-hybridized carbons (Fsp3) is 0.696. The van der Waals surface area contributed by atoms with E-state index in [1.54, 1.807) is 0 Å². The molecule has 1 aliphatic heterocycles. The standard InChI is InChI=1S/C23H36N6O5/c1-15-19(16(2)27-26-15)9-10-25-23(33)29(11-5-8-20(29)21(24)31)22(32)18(13-28(34)14-30)12-17-6-3-4-7-17/h14,17-18,20,34H,3-13H2,1-2H3,(H3-,24,25,26,27,31,33)/p+1/t18-,20+,29?/m1/s1. The van der Waals surface area contributed by atoms with Gasteiger partial charge in [-0.15, -0.1) is 0 Å².